The molecule has 0 fully saturated rings. The molecule has 3 aromatic rings. The summed E-state index contributed by atoms with van der Waals surface area (Å²) in [6, 6.07) is 12.8. The summed E-state index contributed by atoms with van der Waals surface area (Å²) in [6.45, 7) is 0.161. The first-order valence-corrected chi connectivity index (χ1v) is 7.81. The van der Waals surface area contributed by atoms with E-state index in [2.05, 4.69) is 20.9 Å². The number of rotatable bonds is 3. The minimum absolute atomic E-state index is 0.161. The van der Waals surface area contributed by atoms with E-state index in [4.69, 9.17) is 10.5 Å². The van der Waals surface area contributed by atoms with Crippen molar-refractivity contribution in [2.24, 2.45) is 0 Å². The van der Waals surface area contributed by atoms with Gasteiger partial charge in [-0.1, -0.05) is 12.1 Å². The van der Waals surface area contributed by atoms with Gasteiger partial charge in [0.25, 0.3) is 0 Å². The minimum Gasteiger partial charge on any atom is -0.455 e. The first-order chi connectivity index (χ1) is 10.1. The largest absolute Gasteiger partial charge is 0.455 e. The number of nitrogens with two attached hydrogens (primary N) is 1. The highest BCUT2D eigenvalue weighted by molar-refractivity contribution is 9.10. The van der Waals surface area contributed by atoms with Crippen LogP contribution in [0, 0.1) is 0 Å². The number of nitrogen functional groups attached to an aromatic ring is 1. The Morgan fingerprint density at radius 3 is 2.86 bits per heavy atom. The molecule has 6 heteroatoms. The summed E-state index contributed by atoms with van der Waals surface area (Å²) in [5.41, 5.74) is 7.60. The lowest BCUT2D eigenvalue weighted by Crippen LogP contribution is -2.05. The Kier molecular flexibility index (Phi) is 3.90. The van der Waals surface area contributed by atoms with Gasteiger partial charge in [0.1, 0.15) is 11.6 Å². The molecule has 0 unspecified atom stereocenters. The lowest BCUT2D eigenvalue weighted by atomic mass is 10.2. The highest BCUT2D eigenvalue weighted by atomic mass is 79.9. The van der Waals surface area contributed by atoms with E-state index in [1.165, 1.54) is 11.3 Å². The number of carbonyl (C=O) groups is 1. The summed E-state index contributed by atoms with van der Waals surface area (Å²) in [7, 11) is 0. The molecule has 2 N–H and O–H groups in total. The number of benzene rings is 2. The molecule has 0 atom stereocenters. The van der Waals surface area contributed by atoms with E-state index in [1.807, 2.05) is 24.3 Å². The summed E-state index contributed by atoms with van der Waals surface area (Å²) >= 11 is 4.81. The molecule has 0 saturated heterocycles. The second kappa shape index (κ2) is 5.83. The van der Waals surface area contributed by atoms with Crippen LogP contribution in [-0.4, -0.2) is 11.0 Å². The van der Waals surface area contributed by atoms with Crippen LogP contribution in [0.2, 0.25) is 0 Å². The molecule has 106 valence electrons. The molecule has 0 amide bonds. The predicted octanol–water partition coefficient (Wildman–Crippen LogP) is 4.00. The van der Waals surface area contributed by atoms with Crippen molar-refractivity contribution >= 4 is 49.1 Å². The molecule has 0 spiro atoms. The lowest BCUT2D eigenvalue weighted by Gasteiger charge is -2.04. The van der Waals surface area contributed by atoms with Gasteiger partial charge in [0, 0.05) is 10.2 Å². The third-order valence-electron chi connectivity index (χ3n) is 2.90. The summed E-state index contributed by atoms with van der Waals surface area (Å²) in [6.07, 6.45) is 0. The van der Waals surface area contributed by atoms with E-state index < -0.39 is 5.97 Å². The van der Waals surface area contributed by atoms with Gasteiger partial charge < -0.3 is 10.5 Å². The Hall–Kier alpha value is -1.92. The summed E-state index contributed by atoms with van der Waals surface area (Å²) in [5, 5.41) is 0.773. The van der Waals surface area contributed by atoms with Crippen LogP contribution in [0.1, 0.15) is 15.4 Å². The van der Waals surface area contributed by atoms with Gasteiger partial charge in [-0.2, -0.15) is 0 Å². The number of fused-ring (bicyclic) bond motifs is 1. The molecule has 4 nitrogen and oxygen atoms in total. The molecule has 21 heavy (non-hydrogen) atoms. The highest BCUT2D eigenvalue weighted by Crippen LogP contribution is 2.23. The predicted molar refractivity (Wildman–Crippen MR) is 87.3 cm³/mol. The van der Waals surface area contributed by atoms with Gasteiger partial charge in [-0.3, -0.25) is 0 Å². The zero-order valence-corrected chi connectivity index (χ0v) is 13.3. The Morgan fingerprint density at radius 1 is 1.29 bits per heavy atom. The molecular weight excluding hydrogens is 352 g/mol. The summed E-state index contributed by atoms with van der Waals surface area (Å²) < 4.78 is 7.11. The van der Waals surface area contributed by atoms with Crippen LogP contribution >= 0.6 is 27.3 Å². The van der Waals surface area contributed by atoms with Crippen molar-refractivity contribution in [2.75, 3.05) is 5.73 Å². The van der Waals surface area contributed by atoms with Gasteiger partial charge in [0.15, 0.2) is 0 Å². The van der Waals surface area contributed by atoms with Crippen LogP contribution in [0.15, 0.2) is 46.9 Å². The number of ether oxygens (including phenoxy) is 1. The number of nitrogens with zero attached hydrogens (tertiary/aromatic N) is 1. The third kappa shape index (κ3) is 3.06. The summed E-state index contributed by atoms with van der Waals surface area (Å²) in [4.78, 5) is 16.4. The quantitative estimate of drug-likeness (QED) is 0.564. The Balaban J connectivity index is 1.71. The third-order valence-corrected chi connectivity index (χ3v) is 4.63. The molecule has 0 bridgehead atoms. The fourth-order valence-electron chi connectivity index (χ4n) is 1.86. The maximum absolute atomic E-state index is 12.0. The van der Waals surface area contributed by atoms with Crippen molar-refractivity contribution < 1.29 is 9.53 Å². The van der Waals surface area contributed by atoms with Gasteiger partial charge in [-0.15, -0.1) is 11.3 Å². The normalized spacial score (nSPS) is 10.7. The molecule has 0 radical (unpaired) electrons. The van der Waals surface area contributed by atoms with E-state index in [-0.39, 0.29) is 6.61 Å². The van der Waals surface area contributed by atoms with Gasteiger partial charge in [0.2, 0.25) is 0 Å². The number of hydrogen-bond acceptors (Lipinski definition) is 5. The SMILES string of the molecule is Nc1cc(C(=O)OCc2nc3ccccc3s2)ccc1Br. The molecule has 0 saturated carbocycles. The molecule has 0 aliphatic heterocycles. The van der Waals surface area contributed by atoms with Gasteiger partial charge in [-0.05, 0) is 46.3 Å². The van der Waals surface area contributed by atoms with E-state index >= 15 is 0 Å². The Bertz CT molecular complexity index is 783. The zero-order chi connectivity index (χ0) is 14.8. The van der Waals surface area contributed by atoms with Crippen molar-refractivity contribution in [1.29, 1.82) is 0 Å². The van der Waals surface area contributed by atoms with Crippen molar-refractivity contribution in [1.82, 2.24) is 4.98 Å². The van der Waals surface area contributed by atoms with Crippen LogP contribution in [0.25, 0.3) is 10.2 Å². The molecule has 3 rings (SSSR count). The lowest BCUT2D eigenvalue weighted by molar-refractivity contribution is 0.0472. The second-order valence-corrected chi connectivity index (χ2v) is 6.36. The van der Waals surface area contributed by atoms with Crippen molar-refractivity contribution in [2.45, 2.75) is 6.61 Å². The van der Waals surface area contributed by atoms with Crippen LogP contribution in [0.4, 0.5) is 5.69 Å². The van der Waals surface area contributed by atoms with Gasteiger partial charge >= 0.3 is 5.97 Å². The number of carbonyl (C=O) groups excluding carboxylic acids is 1. The molecule has 2 aromatic carbocycles. The maximum atomic E-state index is 12.0. The average molecular weight is 363 g/mol. The van der Waals surface area contributed by atoms with E-state index in [0.29, 0.717) is 11.3 Å². The Morgan fingerprint density at radius 2 is 2.10 bits per heavy atom. The first-order valence-electron chi connectivity index (χ1n) is 6.20. The maximum Gasteiger partial charge on any atom is 0.338 e. The van der Waals surface area contributed by atoms with Crippen molar-refractivity contribution in [3.63, 3.8) is 0 Å². The molecule has 1 aromatic heterocycles. The number of para-hydroxylation sites is 1. The van der Waals surface area contributed by atoms with Crippen LogP contribution < -0.4 is 5.73 Å². The van der Waals surface area contributed by atoms with Crippen LogP contribution in [0.5, 0.6) is 0 Å². The fraction of sp³-hybridized carbons (Fsp3) is 0.0667. The van der Waals surface area contributed by atoms with Crippen molar-refractivity contribution in [3.8, 4) is 0 Å². The van der Waals surface area contributed by atoms with Crippen LogP contribution in [0.3, 0.4) is 0 Å². The van der Waals surface area contributed by atoms with Gasteiger partial charge in [0.05, 0.1) is 15.8 Å². The number of hydrogen-bond donors (Lipinski definition) is 1. The Labute approximate surface area is 133 Å². The zero-order valence-electron chi connectivity index (χ0n) is 10.9. The van der Waals surface area contributed by atoms with E-state index in [0.717, 1.165) is 19.7 Å². The molecule has 0 aliphatic rings. The number of halogens is 1. The highest BCUT2D eigenvalue weighted by Gasteiger charge is 2.11. The molecule has 0 aliphatic carbocycles. The fourth-order valence-corrected chi connectivity index (χ4v) is 2.99. The van der Waals surface area contributed by atoms with Crippen LogP contribution in [-0.2, 0) is 11.3 Å². The molecule has 1 heterocycles. The summed E-state index contributed by atoms with van der Waals surface area (Å²) in [5.74, 6) is -0.409. The first kappa shape index (κ1) is 14.0. The average Bonchev–Trinajstić information content (AvgIpc) is 2.90. The number of anilines is 1. The second-order valence-electron chi connectivity index (χ2n) is 4.39. The van der Waals surface area contributed by atoms with E-state index in [1.54, 1.807) is 18.2 Å². The topological polar surface area (TPSA) is 65.2 Å². The molecular formula is C15H11BrN2O2S. The van der Waals surface area contributed by atoms with Gasteiger partial charge in [-0.25, -0.2) is 9.78 Å². The number of esters is 1. The monoisotopic (exact) mass is 362 g/mol. The standard InChI is InChI=1S/C15H11BrN2O2S/c16-10-6-5-9(7-11(10)17)15(19)20-8-14-18-12-3-1-2-4-13(12)21-14/h1-7H,8,17H2. The minimum atomic E-state index is -0.409. The van der Waals surface area contributed by atoms with E-state index in [9.17, 15) is 4.79 Å². The number of thiazole rings is 1. The smallest absolute Gasteiger partial charge is 0.338 e. The number of aromatic nitrogens is 1. The van der Waals surface area contributed by atoms with Crippen molar-refractivity contribution in [3.05, 3.63) is 57.5 Å².